The van der Waals surface area contributed by atoms with E-state index in [-0.39, 0.29) is 6.61 Å². The number of aliphatic hydroxyl groups is 2. The molecule has 0 aliphatic heterocycles. The number of hydrogen-bond donors (Lipinski definition) is 3. The highest BCUT2D eigenvalue weighted by Gasteiger charge is 2.20. The molecule has 0 aromatic carbocycles. The van der Waals surface area contributed by atoms with E-state index in [1.807, 2.05) is 6.92 Å². The lowest BCUT2D eigenvalue weighted by atomic mass is 10.1. The van der Waals surface area contributed by atoms with E-state index in [1.54, 1.807) is 0 Å². The molecule has 0 aliphatic carbocycles. The predicted octanol–water partition coefficient (Wildman–Crippen LogP) is 0.0496. The summed E-state index contributed by atoms with van der Waals surface area (Å²) in [4.78, 5) is 0. The third kappa shape index (κ3) is 2.03. The fourth-order valence-corrected chi connectivity index (χ4v) is 0.597. The summed E-state index contributed by atoms with van der Waals surface area (Å²) < 4.78 is 0. The molecule has 0 bridgehead atoms. The molecule has 1 unspecified atom stereocenters. The zero-order valence-corrected chi connectivity index (χ0v) is 5.86. The van der Waals surface area contributed by atoms with Crippen molar-refractivity contribution in [2.75, 3.05) is 12.4 Å². The first-order valence-electron chi connectivity index (χ1n) is 2.62. The van der Waals surface area contributed by atoms with Crippen molar-refractivity contribution in [3.63, 3.8) is 0 Å². The Morgan fingerprint density at radius 3 is 2.12 bits per heavy atom. The lowest BCUT2D eigenvalue weighted by molar-refractivity contribution is 0.00348. The molecule has 0 aliphatic rings. The first kappa shape index (κ1) is 8.27. The van der Waals surface area contributed by atoms with Crippen molar-refractivity contribution in [3.8, 4) is 0 Å². The second kappa shape index (κ2) is 3.33. The molecule has 2 nitrogen and oxygen atoms in total. The maximum Gasteiger partial charge on any atom is 0.0962 e. The van der Waals surface area contributed by atoms with Gasteiger partial charge in [0.2, 0.25) is 0 Å². The van der Waals surface area contributed by atoms with Crippen molar-refractivity contribution >= 4 is 12.6 Å². The van der Waals surface area contributed by atoms with Crippen LogP contribution in [0.2, 0.25) is 0 Å². The first-order chi connectivity index (χ1) is 3.68. The number of hydrogen-bond acceptors (Lipinski definition) is 3. The van der Waals surface area contributed by atoms with Gasteiger partial charge in [-0.3, -0.25) is 0 Å². The SMILES string of the molecule is CCC(O)(CO)CS. The van der Waals surface area contributed by atoms with Crippen LogP contribution in [-0.2, 0) is 0 Å². The minimum atomic E-state index is -0.955. The van der Waals surface area contributed by atoms with Gasteiger partial charge in [-0.25, -0.2) is 0 Å². The summed E-state index contributed by atoms with van der Waals surface area (Å²) >= 11 is 3.85. The normalized spacial score (nSPS) is 18.0. The Morgan fingerprint density at radius 1 is 1.62 bits per heavy atom. The van der Waals surface area contributed by atoms with Crippen molar-refractivity contribution in [3.05, 3.63) is 0 Å². The fourth-order valence-electron chi connectivity index (χ4n) is 0.274. The van der Waals surface area contributed by atoms with Crippen molar-refractivity contribution < 1.29 is 10.2 Å². The molecule has 0 saturated carbocycles. The Labute approximate surface area is 54.9 Å². The average Bonchev–Trinajstić information content (AvgIpc) is 1.87. The number of thiol groups is 1. The van der Waals surface area contributed by atoms with Gasteiger partial charge in [-0.1, -0.05) is 6.92 Å². The monoisotopic (exact) mass is 136 g/mol. The summed E-state index contributed by atoms with van der Waals surface area (Å²) in [6.07, 6.45) is 0.549. The summed E-state index contributed by atoms with van der Waals surface area (Å²) in [5.74, 6) is 0.319. The topological polar surface area (TPSA) is 40.5 Å². The van der Waals surface area contributed by atoms with Crippen LogP contribution in [0.25, 0.3) is 0 Å². The van der Waals surface area contributed by atoms with Gasteiger partial charge in [0, 0.05) is 5.75 Å². The molecule has 0 amide bonds. The third-order valence-corrected chi connectivity index (χ3v) is 1.84. The molecule has 0 radical (unpaired) electrons. The van der Waals surface area contributed by atoms with E-state index in [4.69, 9.17) is 10.2 Å². The molecule has 3 heteroatoms. The summed E-state index contributed by atoms with van der Waals surface area (Å²) in [6.45, 7) is 1.61. The summed E-state index contributed by atoms with van der Waals surface area (Å²) in [7, 11) is 0. The minimum Gasteiger partial charge on any atom is -0.393 e. The molecule has 0 aromatic rings. The zero-order valence-electron chi connectivity index (χ0n) is 4.96. The second-order valence-electron chi connectivity index (χ2n) is 1.89. The van der Waals surface area contributed by atoms with Gasteiger partial charge in [0.1, 0.15) is 0 Å². The maximum absolute atomic E-state index is 9.11. The van der Waals surface area contributed by atoms with Crippen LogP contribution in [0.5, 0.6) is 0 Å². The van der Waals surface area contributed by atoms with Crippen molar-refractivity contribution in [1.29, 1.82) is 0 Å². The van der Waals surface area contributed by atoms with E-state index in [9.17, 15) is 0 Å². The third-order valence-electron chi connectivity index (χ3n) is 1.25. The van der Waals surface area contributed by atoms with E-state index in [1.165, 1.54) is 0 Å². The zero-order chi connectivity index (χ0) is 6.62. The van der Waals surface area contributed by atoms with Gasteiger partial charge in [-0.2, -0.15) is 12.6 Å². The molecule has 0 aromatic heterocycles. The van der Waals surface area contributed by atoms with Crippen LogP contribution in [0.4, 0.5) is 0 Å². The smallest absolute Gasteiger partial charge is 0.0962 e. The van der Waals surface area contributed by atoms with Gasteiger partial charge in [0.25, 0.3) is 0 Å². The van der Waals surface area contributed by atoms with Gasteiger partial charge in [0.15, 0.2) is 0 Å². The quantitative estimate of drug-likeness (QED) is 0.480. The Bertz CT molecular complexity index is 53.2. The van der Waals surface area contributed by atoms with Crippen LogP contribution >= 0.6 is 12.6 Å². The maximum atomic E-state index is 9.11. The number of aliphatic hydroxyl groups excluding tert-OH is 1. The van der Waals surface area contributed by atoms with Crippen molar-refractivity contribution in [2.24, 2.45) is 0 Å². The molecular formula is C5H12O2S. The minimum absolute atomic E-state index is 0.201. The molecule has 0 rings (SSSR count). The van der Waals surface area contributed by atoms with E-state index in [2.05, 4.69) is 12.6 Å². The standard InChI is InChI=1S/C5H12O2S/c1-2-5(7,3-6)4-8/h6-8H,2-4H2,1H3. The molecule has 50 valence electrons. The van der Waals surface area contributed by atoms with Crippen LogP contribution < -0.4 is 0 Å². The summed E-state index contributed by atoms with van der Waals surface area (Å²) in [5.41, 5.74) is -0.955. The van der Waals surface area contributed by atoms with Crippen LogP contribution in [-0.4, -0.2) is 28.2 Å². The largest absolute Gasteiger partial charge is 0.393 e. The van der Waals surface area contributed by atoms with Crippen LogP contribution in [0.3, 0.4) is 0 Å². The molecule has 0 saturated heterocycles. The highest BCUT2D eigenvalue weighted by atomic mass is 32.1. The average molecular weight is 136 g/mol. The van der Waals surface area contributed by atoms with Crippen LogP contribution in [0, 0.1) is 0 Å². The Hall–Kier alpha value is 0.270. The molecule has 1 atom stereocenters. The molecule has 2 N–H and O–H groups in total. The van der Waals surface area contributed by atoms with E-state index in [0.717, 1.165) is 0 Å². The highest BCUT2D eigenvalue weighted by molar-refractivity contribution is 7.80. The molecule has 0 spiro atoms. The molecular weight excluding hydrogens is 124 g/mol. The Kier molecular flexibility index (Phi) is 3.44. The van der Waals surface area contributed by atoms with E-state index < -0.39 is 5.60 Å². The summed E-state index contributed by atoms with van der Waals surface area (Å²) in [5, 5.41) is 17.6. The van der Waals surface area contributed by atoms with Crippen LogP contribution in [0.1, 0.15) is 13.3 Å². The highest BCUT2D eigenvalue weighted by Crippen LogP contribution is 2.09. The Morgan fingerprint density at radius 2 is 2.12 bits per heavy atom. The first-order valence-corrected chi connectivity index (χ1v) is 3.26. The summed E-state index contributed by atoms with van der Waals surface area (Å²) in [6, 6.07) is 0. The van der Waals surface area contributed by atoms with Gasteiger partial charge in [0.05, 0.1) is 12.2 Å². The molecule has 0 heterocycles. The lowest BCUT2D eigenvalue weighted by Gasteiger charge is -2.20. The van der Waals surface area contributed by atoms with Gasteiger partial charge < -0.3 is 10.2 Å². The van der Waals surface area contributed by atoms with Crippen LogP contribution in [0.15, 0.2) is 0 Å². The fraction of sp³-hybridized carbons (Fsp3) is 1.00. The van der Waals surface area contributed by atoms with Crippen molar-refractivity contribution in [1.82, 2.24) is 0 Å². The molecule has 0 fully saturated rings. The number of rotatable bonds is 3. The van der Waals surface area contributed by atoms with Gasteiger partial charge in [-0.05, 0) is 6.42 Å². The lowest BCUT2D eigenvalue weighted by Crippen LogP contribution is -2.34. The van der Waals surface area contributed by atoms with Gasteiger partial charge in [-0.15, -0.1) is 0 Å². The predicted molar refractivity (Wildman–Crippen MR) is 36.2 cm³/mol. The van der Waals surface area contributed by atoms with E-state index in [0.29, 0.717) is 12.2 Å². The second-order valence-corrected chi connectivity index (χ2v) is 2.21. The molecule has 8 heavy (non-hydrogen) atoms. The van der Waals surface area contributed by atoms with Crippen molar-refractivity contribution in [2.45, 2.75) is 18.9 Å². The van der Waals surface area contributed by atoms with E-state index >= 15 is 0 Å². The Balaban J connectivity index is 3.58. The van der Waals surface area contributed by atoms with Gasteiger partial charge >= 0.3 is 0 Å².